The highest BCUT2D eigenvalue weighted by atomic mass is 15.2. The van der Waals surface area contributed by atoms with E-state index in [0.29, 0.717) is 12.0 Å². The molecule has 1 fully saturated rings. The van der Waals surface area contributed by atoms with Crippen molar-refractivity contribution >= 4 is 5.96 Å². The van der Waals surface area contributed by atoms with E-state index < -0.39 is 0 Å². The third-order valence-electron chi connectivity index (χ3n) is 3.61. The Bertz CT molecular complexity index is 246. The Hall–Kier alpha value is -0.770. The van der Waals surface area contributed by atoms with Crippen molar-refractivity contribution in [2.75, 3.05) is 33.2 Å². The second-order valence-corrected chi connectivity index (χ2v) is 5.52. The van der Waals surface area contributed by atoms with E-state index in [0.717, 1.165) is 18.9 Å². The molecule has 0 spiro atoms. The van der Waals surface area contributed by atoms with Gasteiger partial charge in [0.25, 0.3) is 0 Å². The molecule has 0 aromatic rings. The first-order chi connectivity index (χ1) is 8.65. The SMILES string of the molecule is CCC(C)NC(=NC)NCC(C)CN1CCCC1. The summed E-state index contributed by atoms with van der Waals surface area (Å²) in [6.07, 6.45) is 3.86. The molecular formula is C14H30N4. The Balaban J connectivity index is 2.20. The number of hydrogen-bond donors (Lipinski definition) is 2. The van der Waals surface area contributed by atoms with Crippen LogP contribution in [0.4, 0.5) is 0 Å². The van der Waals surface area contributed by atoms with Gasteiger partial charge in [-0.15, -0.1) is 0 Å². The maximum absolute atomic E-state index is 4.26. The third-order valence-corrected chi connectivity index (χ3v) is 3.61. The highest BCUT2D eigenvalue weighted by Crippen LogP contribution is 2.09. The fourth-order valence-corrected chi connectivity index (χ4v) is 2.27. The minimum absolute atomic E-state index is 0.477. The van der Waals surface area contributed by atoms with E-state index >= 15 is 0 Å². The van der Waals surface area contributed by atoms with Gasteiger partial charge in [0.15, 0.2) is 5.96 Å². The molecule has 2 atom stereocenters. The van der Waals surface area contributed by atoms with Crippen molar-refractivity contribution in [3.63, 3.8) is 0 Å². The average Bonchev–Trinajstić information content (AvgIpc) is 2.86. The normalized spacial score (nSPS) is 20.8. The highest BCUT2D eigenvalue weighted by molar-refractivity contribution is 5.79. The number of hydrogen-bond acceptors (Lipinski definition) is 2. The molecule has 2 N–H and O–H groups in total. The number of rotatable bonds is 6. The summed E-state index contributed by atoms with van der Waals surface area (Å²) in [6, 6.07) is 0.477. The Morgan fingerprint density at radius 3 is 2.50 bits per heavy atom. The van der Waals surface area contributed by atoms with Gasteiger partial charge in [0.2, 0.25) is 0 Å². The van der Waals surface area contributed by atoms with Crippen LogP contribution in [0, 0.1) is 5.92 Å². The van der Waals surface area contributed by atoms with Gasteiger partial charge in [-0.1, -0.05) is 13.8 Å². The van der Waals surface area contributed by atoms with Gasteiger partial charge in [0, 0.05) is 26.2 Å². The van der Waals surface area contributed by atoms with E-state index in [-0.39, 0.29) is 0 Å². The monoisotopic (exact) mass is 254 g/mol. The molecule has 0 aliphatic carbocycles. The average molecular weight is 254 g/mol. The smallest absolute Gasteiger partial charge is 0.191 e. The lowest BCUT2D eigenvalue weighted by atomic mass is 10.1. The van der Waals surface area contributed by atoms with Crippen LogP contribution in [0.5, 0.6) is 0 Å². The van der Waals surface area contributed by atoms with Gasteiger partial charge in [0.05, 0.1) is 0 Å². The van der Waals surface area contributed by atoms with Crippen LogP contribution < -0.4 is 10.6 Å². The van der Waals surface area contributed by atoms with E-state index in [1.54, 1.807) is 0 Å². The van der Waals surface area contributed by atoms with Crippen molar-refractivity contribution in [1.29, 1.82) is 0 Å². The van der Waals surface area contributed by atoms with Gasteiger partial charge in [-0.2, -0.15) is 0 Å². The number of likely N-dealkylation sites (tertiary alicyclic amines) is 1. The first-order valence-corrected chi connectivity index (χ1v) is 7.35. The van der Waals surface area contributed by atoms with Crippen molar-refractivity contribution in [3.05, 3.63) is 0 Å². The topological polar surface area (TPSA) is 39.7 Å². The fourth-order valence-electron chi connectivity index (χ4n) is 2.27. The molecule has 0 saturated carbocycles. The predicted molar refractivity (Wildman–Crippen MR) is 79.1 cm³/mol. The quantitative estimate of drug-likeness (QED) is 0.560. The van der Waals surface area contributed by atoms with Crippen LogP contribution in [0.15, 0.2) is 4.99 Å². The lowest BCUT2D eigenvalue weighted by Crippen LogP contribution is -2.44. The molecule has 2 unspecified atom stereocenters. The number of nitrogens with zero attached hydrogens (tertiary/aromatic N) is 2. The Morgan fingerprint density at radius 2 is 1.94 bits per heavy atom. The summed E-state index contributed by atoms with van der Waals surface area (Å²) in [5, 5.41) is 6.81. The highest BCUT2D eigenvalue weighted by Gasteiger charge is 2.14. The Kier molecular flexibility index (Phi) is 7.09. The molecule has 0 aromatic carbocycles. The maximum atomic E-state index is 4.26. The van der Waals surface area contributed by atoms with Gasteiger partial charge in [0.1, 0.15) is 0 Å². The number of aliphatic imine (C=N–C) groups is 1. The van der Waals surface area contributed by atoms with Crippen LogP contribution in [0.1, 0.15) is 40.0 Å². The third kappa shape index (κ3) is 5.71. The van der Waals surface area contributed by atoms with Crippen molar-refractivity contribution in [3.8, 4) is 0 Å². The molecule has 4 nitrogen and oxygen atoms in total. The number of nitrogens with one attached hydrogen (secondary N) is 2. The van der Waals surface area contributed by atoms with Gasteiger partial charge in [-0.05, 0) is 45.2 Å². The fraction of sp³-hybridized carbons (Fsp3) is 0.929. The van der Waals surface area contributed by atoms with Crippen molar-refractivity contribution < 1.29 is 0 Å². The second kappa shape index (κ2) is 8.35. The molecule has 1 aliphatic rings. The molecule has 0 amide bonds. The van der Waals surface area contributed by atoms with Gasteiger partial charge in [-0.3, -0.25) is 4.99 Å². The van der Waals surface area contributed by atoms with Crippen molar-refractivity contribution in [1.82, 2.24) is 15.5 Å². The second-order valence-electron chi connectivity index (χ2n) is 5.52. The van der Waals surface area contributed by atoms with E-state index in [9.17, 15) is 0 Å². The first-order valence-electron chi connectivity index (χ1n) is 7.35. The predicted octanol–water partition coefficient (Wildman–Crippen LogP) is 1.68. The molecule has 1 heterocycles. The lowest BCUT2D eigenvalue weighted by Gasteiger charge is -2.22. The van der Waals surface area contributed by atoms with Crippen LogP contribution >= 0.6 is 0 Å². The van der Waals surface area contributed by atoms with Crippen molar-refractivity contribution in [2.45, 2.75) is 46.1 Å². The van der Waals surface area contributed by atoms with Gasteiger partial charge < -0.3 is 15.5 Å². The molecule has 1 rings (SSSR count). The molecular weight excluding hydrogens is 224 g/mol. The summed E-state index contributed by atoms with van der Waals surface area (Å²) in [7, 11) is 1.84. The summed E-state index contributed by atoms with van der Waals surface area (Å²) in [5.41, 5.74) is 0. The van der Waals surface area contributed by atoms with Crippen LogP contribution in [0.25, 0.3) is 0 Å². The van der Waals surface area contributed by atoms with E-state index in [1.165, 1.54) is 32.5 Å². The molecule has 0 radical (unpaired) electrons. The zero-order chi connectivity index (χ0) is 13.4. The summed E-state index contributed by atoms with van der Waals surface area (Å²) in [5.74, 6) is 1.59. The van der Waals surface area contributed by atoms with Gasteiger partial charge >= 0.3 is 0 Å². The molecule has 4 heteroatoms. The molecule has 0 bridgehead atoms. The summed E-state index contributed by atoms with van der Waals surface area (Å²) in [4.78, 5) is 6.83. The Labute approximate surface area is 112 Å². The van der Waals surface area contributed by atoms with Crippen LogP contribution in [0.3, 0.4) is 0 Å². The zero-order valence-electron chi connectivity index (χ0n) is 12.5. The van der Waals surface area contributed by atoms with E-state index in [4.69, 9.17) is 0 Å². The van der Waals surface area contributed by atoms with Crippen molar-refractivity contribution in [2.24, 2.45) is 10.9 Å². The largest absolute Gasteiger partial charge is 0.356 e. The lowest BCUT2D eigenvalue weighted by molar-refractivity contribution is 0.287. The maximum Gasteiger partial charge on any atom is 0.191 e. The molecule has 18 heavy (non-hydrogen) atoms. The van der Waals surface area contributed by atoms with Crippen LogP contribution in [0.2, 0.25) is 0 Å². The van der Waals surface area contributed by atoms with E-state index in [1.807, 2.05) is 7.05 Å². The van der Waals surface area contributed by atoms with Gasteiger partial charge in [-0.25, -0.2) is 0 Å². The summed E-state index contributed by atoms with van der Waals surface area (Å²) in [6.45, 7) is 11.4. The molecule has 0 aromatic heterocycles. The molecule has 1 saturated heterocycles. The van der Waals surface area contributed by atoms with Crippen LogP contribution in [-0.4, -0.2) is 50.1 Å². The molecule has 1 aliphatic heterocycles. The minimum Gasteiger partial charge on any atom is -0.356 e. The van der Waals surface area contributed by atoms with Crippen LogP contribution in [-0.2, 0) is 0 Å². The number of guanidine groups is 1. The molecule has 106 valence electrons. The zero-order valence-corrected chi connectivity index (χ0v) is 12.5. The first kappa shape index (κ1) is 15.3. The summed E-state index contributed by atoms with van der Waals surface area (Å²) < 4.78 is 0. The minimum atomic E-state index is 0.477. The summed E-state index contributed by atoms with van der Waals surface area (Å²) >= 11 is 0. The van der Waals surface area contributed by atoms with E-state index in [2.05, 4.69) is 41.3 Å². The Morgan fingerprint density at radius 1 is 1.28 bits per heavy atom. The standard InChI is InChI=1S/C14H30N4/c1-5-13(3)17-14(15-4)16-10-12(2)11-18-8-6-7-9-18/h12-13H,5-11H2,1-4H3,(H2,15,16,17).